The maximum absolute atomic E-state index is 13.3. The molecule has 1 rings (SSSR count). The van der Waals surface area contributed by atoms with E-state index in [2.05, 4.69) is 22.4 Å². The van der Waals surface area contributed by atoms with E-state index in [4.69, 9.17) is 5.11 Å². The van der Waals surface area contributed by atoms with E-state index in [1.54, 1.807) is 0 Å². The summed E-state index contributed by atoms with van der Waals surface area (Å²) in [5, 5.41) is 10.6. The van der Waals surface area contributed by atoms with Crippen LogP contribution in [0.5, 0.6) is 0 Å². The number of rotatable bonds is 2. The Morgan fingerprint density at radius 1 is 1.85 bits per heavy atom. The fourth-order valence-corrected chi connectivity index (χ4v) is 1.01. The van der Waals surface area contributed by atoms with E-state index in [9.17, 15) is 9.18 Å². The lowest BCUT2D eigenvalue weighted by Gasteiger charge is -2.17. The molecule has 1 atom stereocenters. The lowest BCUT2D eigenvalue weighted by atomic mass is 9.96. The second-order valence-electron chi connectivity index (χ2n) is 2.54. The Balaban J connectivity index is 2.84. The van der Waals surface area contributed by atoms with Crippen LogP contribution in [0, 0.1) is 0 Å². The van der Waals surface area contributed by atoms with Crippen LogP contribution in [0.15, 0.2) is 28.9 Å². The Kier molecular flexibility index (Phi) is 2.70. The lowest BCUT2D eigenvalue weighted by Crippen LogP contribution is -2.31. The number of carboxylic acid groups (broad SMARTS) is 1. The van der Waals surface area contributed by atoms with Gasteiger partial charge in [-0.1, -0.05) is 6.08 Å². The summed E-state index contributed by atoms with van der Waals surface area (Å²) in [6.45, 7) is 0. The van der Waals surface area contributed by atoms with Crippen molar-refractivity contribution in [3.8, 4) is 0 Å². The number of hydrogen-bond acceptors (Lipinski definition) is 3. The number of hydrogen-bond donors (Lipinski definition) is 1. The van der Waals surface area contributed by atoms with Crippen LogP contribution < -0.4 is 0 Å². The monoisotopic (exact) mass is 199 g/mol. The highest BCUT2D eigenvalue weighted by Gasteiger charge is 2.36. The molecule has 0 aromatic heterocycles. The average molecular weight is 199 g/mol. The fourth-order valence-electron chi connectivity index (χ4n) is 0.901. The van der Waals surface area contributed by atoms with E-state index in [1.807, 2.05) is 0 Å². The van der Waals surface area contributed by atoms with Gasteiger partial charge in [0.1, 0.15) is 0 Å². The van der Waals surface area contributed by atoms with Gasteiger partial charge in [-0.25, -0.2) is 9.18 Å². The summed E-state index contributed by atoms with van der Waals surface area (Å²) >= 11 is 4.34. The van der Waals surface area contributed by atoms with Gasteiger partial charge >= 0.3 is 5.97 Å². The third kappa shape index (κ3) is 2.08. The van der Waals surface area contributed by atoms with Crippen LogP contribution in [0.3, 0.4) is 0 Å². The molecule has 0 aromatic carbocycles. The summed E-state index contributed by atoms with van der Waals surface area (Å²) in [6.07, 6.45) is 3.37. The summed E-state index contributed by atoms with van der Waals surface area (Å²) in [4.78, 5) is 14.0. The van der Waals surface area contributed by atoms with Gasteiger partial charge in [-0.2, -0.15) is 4.99 Å². The Bertz CT molecular complexity index is 344. The van der Waals surface area contributed by atoms with E-state index in [0.29, 0.717) is 5.70 Å². The van der Waals surface area contributed by atoms with Gasteiger partial charge in [0.15, 0.2) is 0 Å². The van der Waals surface area contributed by atoms with Gasteiger partial charge in [0, 0.05) is 6.42 Å². The summed E-state index contributed by atoms with van der Waals surface area (Å²) in [5.74, 6) is -1.50. The zero-order valence-electron chi connectivity index (χ0n) is 6.53. The fraction of sp³-hybridized carbons (Fsp3) is 0.250. The quantitative estimate of drug-likeness (QED) is 0.544. The number of nitrogens with zero attached hydrogens (tertiary/aromatic N) is 1. The third-order valence-electron chi connectivity index (χ3n) is 1.66. The SMILES string of the molecule is O=C(O)C1(F)C=CC(N=C=S)=CC1. The Morgan fingerprint density at radius 2 is 2.54 bits per heavy atom. The predicted octanol–water partition coefficient (Wildman–Crippen LogP) is 1.73. The molecule has 1 unspecified atom stereocenters. The van der Waals surface area contributed by atoms with Crippen molar-refractivity contribution in [2.45, 2.75) is 12.1 Å². The number of carbonyl (C=O) groups is 1. The van der Waals surface area contributed by atoms with E-state index < -0.39 is 11.6 Å². The molecule has 5 heteroatoms. The molecule has 68 valence electrons. The second-order valence-corrected chi connectivity index (χ2v) is 2.72. The van der Waals surface area contributed by atoms with Crippen molar-refractivity contribution >= 4 is 23.3 Å². The van der Waals surface area contributed by atoms with Crippen LogP contribution in [0.25, 0.3) is 0 Å². The molecular formula is C8H6FNO2S. The molecule has 0 amide bonds. The molecule has 0 saturated heterocycles. The van der Waals surface area contributed by atoms with Crippen LogP contribution in [-0.4, -0.2) is 21.9 Å². The number of aliphatic imine (C=N–C) groups is 1. The summed E-state index contributed by atoms with van der Waals surface area (Å²) in [5.41, 5.74) is -1.87. The van der Waals surface area contributed by atoms with Gasteiger partial charge in [0.2, 0.25) is 5.67 Å². The van der Waals surface area contributed by atoms with Crippen molar-refractivity contribution in [1.29, 1.82) is 0 Å². The second kappa shape index (κ2) is 3.60. The number of thiocarbonyl (C=S) groups is 1. The minimum Gasteiger partial charge on any atom is -0.479 e. The number of allylic oxidation sites excluding steroid dienone is 2. The van der Waals surface area contributed by atoms with Crippen molar-refractivity contribution in [2.24, 2.45) is 4.99 Å². The normalized spacial score (nSPS) is 26.1. The smallest absolute Gasteiger partial charge is 0.345 e. The predicted molar refractivity (Wildman–Crippen MR) is 48.3 cm³/mol. The number of isothiocyanates is 1. The first-order valence-electron chi connectivity index (χ1n) is 3.48. The minimum absolute atomic E-state index is 0.228. The topological polar surface area (TPSA) is 49.7 Å². The van der Waals surface area contributed by atoms with Gasteiger partial charge < -0.3 is 5.11 Å². The van der Waals surface area contributed by atoms with E-state index in [0.717, 1.165) is 6.08 Å². The first-order chi connectivity index (χ1) is 6.08. The average Bonchev–Trinajstić information content (AvgIpc) is 2.09. The molecule has 13 heavy (non-hydrogen) atoms. The number of aliphatic carboxylic acids is 1. The van der Waals surface area contributed by atoms with Crippen molar-refractivity contribution in [2.75, 3.05) is 0 Å². The largest absolute Gasteiger partial charge is 0.479 e. The van der Waals surface area contributed by atoms with Gasteiger partial charge in [0.25, 0.3) is 0 Å². The van der Waals surface area contributed by atoms with Crippen LogP contribution in [0.1, 0.15) is 6.42 Å². The number of halogens is 1. The van der Waals surface area contributed by atoms with Crippen LogP contribution >= 0.6 is 12.2 Å². The van der Waals surface area contributed by atoms with Crippen LogP contribution in [0.4, 0.5) is 4.39 Å². The number of alkyl halides is 1. The first kappa shape index (κ1) is 9.77. The van der Waals surface area contributed by atoms with E-state index in [1.165, 1.54) is 12.2 Å². The highest BCUT2D eigenvalue weighted by molar-refractivity contribution is 7.78. The third-order valence-corrected chi connectivity index (χ3v) is 1.75. The van der Waals surface area contributed by atoms with Gasteiger partial charge in [-0.05, 0) is 24.4 Å². The zero-order valence-corrected chi connectivity index (χ0v) is 7.34. The highest BCUT2D eigenvalue weighted by Crippen LogP contribution is 2.25. The van der Waals surface area contributed by atoms with Gasteiger partial charge in [-0.3, -0.25) is 0 Å². The summed E-state index contributed by atoms with van der Waals surface area (Å²) in [7, 11) is 0. The van der Waals surface area contributed by atoms with E-state index in [-0.39, 0.29) is 6.42 Å². The summed E-state index contributed by atoms with van der Waals surface area (Å²) < 4.78 is 13.3. The molecule has 1 N–H and O–H groups in total. The minimum atomic E-state index is -2.31. The Labute approximate surface area is 79.3 Å². The van der Waals surface area contributed by atoms with Crippen molar-refractivity contribution in [1.82, 2.24) is 0 Å². The van der Waals surface area contributed by atoms with Crippen molar-refractivity contribution in [3.05, 3.63) is 23.9 Å². The molecule has 0 bridgehead atoms. The molecule has 0 aromatic rings. The van der Waals surface area contributed by atoms with E-state index >= 15 is 0 Å². The standard InChI is InChI=1S/C8H6FNO2S/c9-8(7(11)12)3-1-6(2-4-8)10-5-13/h1-3H,4H2,(H,11,12). The highest BCUT2D eigenvalue weighted by atomic mass is 32.1. The summed E-state index contributed by atoms with van der Waals surface area (Å²) in [6, 6.07) is 0. The molecular weight excluding hydrogens is 193 g/mol. The van der Waals surface area contributed by atoms with Gasteiger partial charge in [-0.15, -0.1) is 0 Å². The maximum Gasteiger partial charge on any atom is 0.345 e. The lowest BCUT2D eigenvalue weighted by molar-refractivity contribution is -0.147. The van der Waals surface area contributed by atoms with Crippen molar-refractivity contribution in [3.63, 3.8) is 0 Å². The molecule has 0 spiro atoms. The zero-order chi connectivity index (χ0) is 9.90. The molecule has 1 aliphatic rings. The molecule has 0 aliphatic heterocycles. The maximum atomic E-state index is 13.3. The molecule has 3 nitrogen and oxygen atoms in total. The van der Waals surface area contributed by atoms with Crippen LogP contribution in [0.2, 0.25) is 0 Å². The van der Waals surface area contributed by atoms with Gasteiger partial charge in [0.05, 0.1) is 10.9 Å². The van der Waals surface area contributed by atoms with Crippen molar-refractivity contribution < 1.29 is 14.3 Å². The molecule has 0 heterocycles. The molecule has 0 saturated carbocycles. The van der Waals surface area contributed by atoms with Crippen LogP contribution in [-0.2, 0) is 4.79 Å². The number of carboxylic acids is 1. The Hall–Kier alpha value is -1.32. The molecule has 0 fully saturated rings. The molecule has 1 aliphatic carbocycles. The first-order valence-corrected chi connectivity index (χ1v) is 3.89. The molecule has 0 radical (unpaired) electrons. The Morgan fingerprint density at radius 3 is 2.92 bits per heavy atom.